The minimum Gasteiger partial charge on any atom is -0.495 e. The molecule has 1 atom stereocenters. The standard InChI is InChI=1S/C25H30N4O3/c1-26-21-17-18(10-11-19(21)25(31)29-12-6-5-9-23(26)29)24(30)28-15-13-27(14-16-28)20-7-3-4-8-22(20)32-2/h3-4,7-8,10-11,17,23H,5-6,9,12-16H2,1-2H3/t23-/m1/s1. The molecule has 3 heterocycles. The van der Waals surface area contributed by atoms with Crippen molar-refractivity contribution in [2.75, 3.05) is 56.7 Å². The molecule has 0 saturated carbocycles. The molecule has 2 fully saturated rings. The number of nitrogens with zero attached hydrogens (tertiary/aromatic N) is 4. The van der Waals surface area contributed by atoms with Gasteiger partial charge in [-0.25, -0.2) is 0 Å². The third-order valence-electron chi connectivity index (χ3n) is 7.03. The minimum atomic E-state index is 0.0272. The topological polar surface area (TPSA) is 56.3 Å². The van der Waals surface area contributed by atoms with Crippen molar-refractivity contribution in [2.45, 2.75) is 25.4 Å². The summed E-state index contributed by atoms with van der Waals surface area (Å²) in [6.45, 7) is 3.63. The van der Waals surface area contributed by atoms with Gasteiger partial charge in [-0.2, -0.15) is 0 Å². The van der Waals surface area contributed by atoms with Gasteiger partial charge in [0.2, 0.25) is 0 Å². The first kappa shape index (κ1) is 20.7. The second-order valence-corrected chi connectivity index (χ2v) is 8.77. The highest BCUT2D eigenvalue weighted by Gasteiger charge is 2.37. The van der Waals surface area contributed by atoms with E-state index in [1.165, 1.54) is 0 Å². The Morgan fingerprint density at radius 2 is 1.75 bits per heavy atom. The highest BCUT2D eigenvalue weighted by molar-refractivity contribution is 6.04. The molecule has 0 radical (unpaired) electrons. The van der Waals surface area contributed by atoms with Crippen LogP contribution in [0.5, 0.6) is 5.75 Å². The molecule has 0 bridgehead atoms. The van der Waals surface area contributed by atoms with Gasteiger partial charge < -0.3 is 24.3 Å². The number of methoxy groups -OCH3 is 1. The first-order chi connectivity index (χ1) is 15.6. The van der Waals surface area contributed by atoms with E-state index in [2.05, 4.69) is 15.9 Å². The van der Waals surface area contributed by atoms with Crippen molar-refractivity contribution in [1.82, 2.24) is 9.80 Å². The average molecular weight is 435 g/mol. The molecule has 0 aromatic heterocycles. The number of hydrogen-bond acceptors (Lipinski definition) is 5. The number of piperazine rings is 1. The van der Waals surface area contributed by atoms with Crippen molar-refractivity contribution in [3.8, 4) is 5.75 Å². The smallest absolute Gasteiger partial charge is 0.257 e. The number of anilines is 2. The van der Waals surface area contributed by atoms with Crippen LogP contribution in [0.1, 0.15) is 40.0 Å². The van der Waals surface area contributed by atoms with E-state index in [9.17, 15) is 9.59 Å². The van der Waals surface area contributed by atoms with Gasteiger partial charge in [-0.05, 0) is 49.6 Å². The molecule has 7 heteroatoms. The Morgan fingerprint density at radius 1 is 0.969 bits per heavy atom. The zero-order chi connectivity index (χ0) is 22.2. The van der Waals surface area contributed by atoms with Crippen LogP contribution in [0.3, 0.4) is 0 Å². The predicted molar refractivity (Wildman–Crippen MR) is 125 cm³/mol. The van der Waals surface area contributed by atoms with Crippen LogP contribution in [-0.2, 0) is 0 Å². The maximum Gasteiger partial charge on any atom is 0.257 e. The normalized spacial score (nSPS) is 20.7. The Morgan fingerprint density at radius 3 is 2.53 bits per heavy atom. The molecule has 5 rings (SSSR count). The van der Waals surface area contributed by atoms with Crippen LogP contribution in [0, 0.1) is 0 Å². The van der Waals surface area contributed by atoms with Crippen molar-refractivity contribution in [3.05, 3.63) is 53.6 Å². The summed E-state index contributed by atoms with van der Waals surface area (Å²) in [5.41, 5.74) is 3.28. The fraction of sp³-hybridized carbons (Fsp3) is 0.440. The van der Waals surface area contributed by atoms with Crippen LogP contribution >= 0.6 is 0 Å². The lowest BCUT2D eigenvalue weighted by atomic mass is 9.97. The van der Waals surface area contributed by atoms with Gasteiger partial charge in [0.1, 0.15) is 11.9 Å². The molecule has 2 aromatic rings. The van der Waals surface area contributed by atoms with Gasteiger partial charge in [-0.15, -0.1) is 0 Å². The number of para-hydroxylation sites is 2. The molecule has 0 N–H and O–H groups in total. The molecule has 7 nitrogen and oxygen atoms in total. The van der Waals surface area contributed by atoms with Crippen LogP contribution in [0.2, 0.25) is 0 Å². The molecule has 2 amide bonds. The van der Waals surface area contributed by atoms with Crippen molar-refractivity contribution in [1.29, 1.82) is 0 Å². The monoisotopic (exact) mass is 434 g/mol. The number of amides is 2. The highest BCUT2D eigenvalue weighted by atomic mass is 16.5. The van der Waals surface area contributed by atoms with E-state index < -0.39 is 0 Å². The predicted octanol–water partition coefficient (Wildman–Crippen LogP) is 3.06. The van der Waals surface area contributed by atoms with E-state index in [0.717, 1.165) is 56.0 Å². The van der Waals surface area contributed by atoms with Gasteiger partial charge >= 0.3 is 0 Å². The molecule has 3 aliphatic rings. The van der Waals surface area contributed by atoms with Gasteiger partial charge in [-0.1, -0.05) is 12.1 Å². The van der Waals surface area contributed by atoms with E-state index >= 15 is 0 Å². The average Bonchev–Trinajstić information content (AvgIpc) is 2.86. The van der Waals surface area contributed by atoms with E-state index in [1.807, 2.05) is 53.2 Å². The third kappa shape index (κ3) is 3.45. The lowest BCUT2D eigenvalue weighted by molar-refractivity contribution is 0.0588. The van der Waals surface area contributed by atoms with Crippen molar-refractivity contribution in [2.24, 2.45) is 0 Å². The fourth-order valence-electron chi connectivity index (χ4n) is 5.23. The Bertz CT molecular complexity index is 1030. The van der Waals surface area contributed by atoms with E-state index in [1.54, 1.807) is 7.11 Å². The van der Waals surface area contributed by atoms with Crippen molar-refractivity contribution >= 4 is 23.2 Å². The Labute approximate surface area is 189 Å². The second kappa shape index (κ2) is 8.37. The van der Waals surface area contributed by atoms with Gasteiger partial charge in [0.05, 0.1) is 24.0 Å². The van der Waals surface area contributed by atoms with Gasteiger partial charge in [0, 0.05) is 45.3 Å². The minimum absolute atomic E-state index is 0.0272. The summed E-state index contributed by atoms with van der Waals surface area (Å²) in [6.07, 6.45) is 3.26. The summed E-state index contributed by atoms with van der Waals surface area (Å²) in [7, 11) is 3.72. The third-order valence-corrected chi connectivity index (χ3v) is 7.03. The number of fused-ring (bicyclic) bond motifs is 2. The number of ether oxygens (including phenoxy) is 1. The summed E-state index contributed by atoms with van der Waals surface area (Å²) in [6, 6.07) is 13.5. The molecule has 168 valence electrons. The lowest BCUT2D eigenvalue weighted by Crippen LogP contribution is -2.56. The molecule has 3 aliphatic heterocycles. The zero-order valence-electron chi connectivity index (χ0n) is 18.8. The molecule has 2 saturated heterocycles. The summed E-state index contributed by atoms with van der Waals surface area (Å²) < 4.78 is 5.49. The lowest BCUT2D eigenvalue weighted by Gasteiger charge is -2.46. The molecule has 0 aliphatic carbocycles. The van der Waals surface area contributed by atoms with Crippen LogP contribution in [0.15, 0.2) is 42.5 Å². The Hall–Kier alpha value is -3.22. The van der Waals surface area contributed by atoms with Gasteiger partial charge in [-0.3, -0.25) is 9.59 Å². The van der Waals surface area contributed by atoms with Crippen LogP contribution in [0.4, 0.5) is 11.4 Å². The zero-order valence-corrected chi connectivity index (χ0v) is 18.8. The summed E-state index contributed by atoms with van der Waals surface area (Å²) in [5.74, 6) is 0.970. The quantitative estimate of drug-likeness (QED) is 0.743. The fourth-order valence-corrected chi connectivity index (χ4v) is 5.23. The van der Waals surface area contributed by atoms with Crippen LogP contribution in [-0.4, -0.2) is 74.7 Å². The van der Waals surface area contributed by atoms with Gasteiger partial charge in [0.15, 0.2) is 0 Å². The first-order valence-corrected chi connectivity index (χ1v) is 11.4. The summed E-state index contributed by atoms with van der Waals surface area (Å²) in [5, 5.41) is 0. The number of hydrogen-bond donors (Lipinski definition) is 0. The van der Waals surface area contributed by atoms with Crippen LogP contribution < -0.4 is 14.5 Å². The molecule has 32 heavy (non-hydrogen) atoms. The number of piperidine rings is 1. The second-order valence-electron chi connectivity index (χ2n) is 8.77. The molecular formula is C25H30N4O3. The molecular weight excluding hydrogens is 404 g/mol. The van der Waals surface area contributed by atoms with Crippen LogP contribution in [0.25, 0.3) is 0 Å². The largest absolute Gasteiger partial charge is 0.495 e. The number of benzene rings is 2. The maximum atomic E-state index is 13.3. The Balaban J connectivity index is 1.32. The SMILES string of the molecule is COc1ccccc1N1CCN(C(=O)c2ccc3c(c2)N(C)[C@H]2CCCCN2C3=O)CC1. The summed E-state index contributed by atoms with van der Waals surface area (Å²) in [4.78, 5) is 34.6. The number of carbonyl (C=O) groups excluding carboxylic acids is 2. The Kier molecular flexibility index (Phi) is 5.41. The first-order valence-electron chi connectivity index (χ1n) is 11.4. The maximum absolute atomic E-state index is 13.3. The van der Waals surface area contributed by atoms with Crippen molar-refractivity contribution < 1.29 is 14.3 Å². The van der Waals surface area contributed by atoms with E-state index in [-0.39, 0.29) is 18.0 Å². The molecule has 2 aromatic carbocycles. The van der Waals surface area contributed by atoms with Crippen molar-refractivity contribution in [3.63, 3.8) is 0 Å². The summed E-state index contributed by atoms with van der Waals surface area (Å²) >= 11 is 0. The molecule has 0 spiro atoms. The van der Waals surface area contributed by atoms with Gasteiger partial charge in [0.25, 0.3) is 11.8 Å². The molecule has 0 unspecified atom stereocenters. The van der Waals surface area contributed by atoms with E-state index in [0.29, 0.717) is 24.2 Å². The number of carbonyl (C=O) groups is 2. The number of rotatable bonds is 3. The van der Waals surface area contributed by atoms with E-state index in [4.69, 9.17) is 4.74 Å². The highest BCUT2D eigenvalue weighted by Crippen LogP contribution is 2.35.